The van der Waals surface area contributed by atoms with Crippen molar-refractivity contribution in [1.29, 1.82) is 0 Å². The van der Waals surface area contributed by atoms with E-state index in [-0.39, 0.29) is 16.6 Å². The Balaban J connectivity index is 2.37. The fourth-order valence-corrected chi connectivity index (χ4v) is 1.37. The Morgan fingerprint density at radius 1 is 1.29 bits per heavy atom. The third-order valence-corrected chi connectivity index (χ3v) is 2.22. The first-order chi connectivity index (χ1) is 8.18. The molecular formula is C11H8FN3OS. The fourth-order valence-electron chi connectivity index (χ4n) is 1.21. The van der Waals surface area contributed by atoms with Gasteiger partial charge in [-0.25, -0.2) is 4.39 Å². The Hall–Kier alpha value is -2.08. The van der Waals surface area contributed by atoms with Crippen molar-refractivity contribution in [3.63, 3.8) is 0 Å². The van der Waals surface area contributed by atoms with Crippen LogP contribution in [0.5, 0.6) is 11.6 Å². The average Bonchev–Trinajstić information content (AvgIpc) is 2.32. The molecule has 2 rings (SSSR count). The minimum atomic E-state index is -0.493. The van der Waals surface area contributed by atoms with Crippen LogP contribution in [-0.4, -0.2) is 15.2 Å². The van der Waals surface area contributed by atoms with E-state index < -0.39 is 5.82 Å². The summed E-state index contributed by atoms with van der Waals surface area (Å²) >= 11 is 4.83. The van der Waals surface area contributed by atoms with Gasteiger partial charge in [-0.1, -0.05) is 24.4 Å². The lowest BCUT2D eigenvalue weighted by atomic mass is 10.3. The summed E-state index contributed by atoms with van der Waals surface area (Å²) < 4.78 is 18.7. The lowest BCUT2D eigenvalue weighted by Gasteiger charge is -2.08. The Kier molecular flexibility index (Phi) is 3.24. The molecule has 0 amide bonds. The van der Waals surface area contributed by atoms with E-state index in [0.717, 1.165) is 0 Å². The molecule has 0 fully saturated rings. The van der Waals surface area contributed by atoms with Crippen molar-refractivity contribution in [2.24, 2.45) is 5.73 Å². The van der Waals surface area contributed by atoms with Crippen LogP contribution in [0.25, 0.3) is 0 Å². The summed E-state index contributed by atoms with van der Waals surface area (Å²) in [7, 11) is 0. The Morgan fingerprint density at radius 2 is 2.06 bits per heavy atom. The molecule has 17 heavy (non-hydrogen) atoms. The van der Waals surface area contributed by atoms with E-state index in [0.29, 0.717) is 5.56 Å². The summed E-state index contributed by atoms with van der Waals surface area (Å²) in [6.07, 6.45) is 1.43. The number of aromatic nitrogens is 2. The Morgan fingerprint density at radius 3 is 2.76 bits per heavy atom. The van der Waals surface area contributed by atoms with E-state index in [1.165, 1.54) is 18.3 Å². The van der Waals surface area contributed by atoms with Crippen molar-refractivity contribution in [2.45, 2.75) is 0 Å². The van der Waals surface area contributed by atoms with Gasteiger partial charge < -0.3 is 10.5 Å². The van der Waals surface area contributed by atoms with E-state index >= 15 is 0 Å². The van der Waals surface area contributed by atoms with Crippen LogP contribution in [0.4, 0.5) is 4.39 Å². The lowest BCUT2D eigenvalue weighted by molar-refractivity contribution is 0.421. The van der Waals surface area contributed by atoms with Gasteiger partial charge in [-0.15, -0.1) is 5.10 Å². The standard InChI is InChI=1S/C11H8FN3OS/c12-8-3-1-2-4-9(8)16-11-7(10(13)17)5-6-14-15-11/h1-6H,(H2,13,17). The highest BCUT2D eigenvalue weighted by atomic mass is 32.1. The normalized spacial score (nSPS) is 9.94. The fraction of sp³-hybridized carbons (Fsp3) is 0. The van der Waals surface area contributed by atoms with Crippen LogP contribution in [0, 0.1) is 5.82 Å². The number of nitrogens with zero attached hydrogens (tertiary/aromatic N) is 2. The lowest BCUT2D eigenvalue weighted by Crippen LogP contribution is -2.12. The SMILES string of the molecule is NC(=S)c1ccnnc1Oc1ccccc1F. The molecule has 0 atom stereocenters. The Labute approximate surface area is 102 Å². The maximum Gasteiger partial charge on any atom is 0.249 e. The van der Waals surface area contributed by atoms with Crippen molar-refractivity contribution >= 4 is 17.2 Å². The molecule has 86 valence electrons. The number of para-hydroxylation sites is 1. The molecule has 6 heteroatoms. The predicted molar refractivity (Wildman–Crippen MR) is 64.4 cm³/mol. The molecule has 2 aromatic rings. The molecule has 0 aliphatic heterocycles. The molecule has 1 aromatic carbocycles. The van der Waals surface area contributed by atoms with Crippen molar-refractivity contribution in [3.8, 4) is 11.6 Å². The van der Waals surface area contributed by atoms with Gasteiger partial charge in [0, 0.05) is 0 Å². The van der Waals surface area contributed by atoms with Gasteiger partial charge in [0.1, 0.15) is 4.99 Å². The number of ether oxygens (including phenoxy) is 1. The molecule has 0 aliphatic carbocycles. The summed E-state index contributed by atoms with van der Waals surface area (Å²) in [5.41, 5.74) is 5.91. The topological polar surface area (TPSA) is 61.0 Å². The molecular weight excluding hydrogens is 241 g/mol. The van der Waals surface area contributed by atoms with Crippen molar-refractivity contribution in [3.05, 3.63) is 47.9 Å². The maximum absolute atomic E-state index is 13.4. The highest BCUT2D eigenvalue weighted by Crippen LogP contribution is 2.24. The molecule has 0 radical (unpaired) electrons. The van der Waals surface area contributed by atoms with Gasteiger partial charge in [-0.05, 0) is 18.2 Å². The van der Waals surface area contributed by atoms with E-state index in [9.17, 15) is 4.39 Å². The number of hydrogen-bond donors (Lipinski definition) is 1. The number of benzene rings is 1. The first kappa shape index (κ1) is 11.4. The largest absolute Gasteiger partial charge is 0.434 e. The van der Waals surface area contributed by atoms with E-state index in [1.807, 2.05) is 0 Å². The number of rotatable bonds is 3. The van der Waals surface area contributed by atoms with Crippen LogP contribution in [0.3, 0.4) is 0 Å². The average molecular weight is 249 g/mol. The zero-order chi connectivity index (χ0) is 12.3. The monoisotopic (exact) mass is 249 g/mol. The van der Waals surface area contributed by atoms with Gasteiger partial charge in [0.15, 0.2) is 11.6 Å². The molecule has 0 spiro atoms. The smallest absolute Gasteiger partial charge is 0.249 e. The molecule has 0 saturated carbocycles. The van der Waals surface area contributed by atoms with Crippen LogP contribution in [0.1, 0.15) is 5.56 Å². The third-order valence-electron chi connectivity index (χ3n) is 2.00. The first-order valence-corrected chi connectivity index (χ1v) is 5.13. The maximum atomic E-state index is 13.4. The molecule has 0 unspecified atom stereocenters. The van der Waals surface area contributed by atoms with Crippen molar-refractivity contribution in [1.82, 2.24) is 10.2 Å². The number of thiocarbonyl (C=S) groups is 1. The molecule has 1 aromatic heterocycles. The van der Waals surface area contributed by atoms with Gasteiger partial charge in [0.2, 0.25) is 5.88 Å². The summed E-state index contributed by atoms with van der Waals surface area (Å²) in [5.74, 6) is -0.359. The summed E-state index contributed by atoms with van der Waals surface area (Å²) in [6, 6.07) is 7.54. The van der Waals surface area contributed by atoms with Crippen molar-refractivity contribution in [2.75, 3.05) is 0 Å². The molecule has 0 saturated heterocycles. The molecule has 1 heterocycles. The predicted octanol–water partition coefficient (Wildman–Crippen LogP) is 2.04. The van der Waals surface area contributed by atoms with E-state index in [2.05, 4.69) is 10.2 Å². The summed E-state index contributed by atoms with van der Waals surface area (Å²) in [5, 5.41) is 7.37. The van der Waals surface area contributed by atoms with E-state index in [1.54, 1.807) is 18.2 Å². The summed E-state index contributed by atoms with van der Waals surface area (Å²) in [4.78, 5) is 0.117. The minimum Gasteiger partial charge on any atom is -0.434 e. The molecule has 0 bridgehead atoms. The van der Waals surface area contributed by atoms with Crippen LogP contribution in [0.2, 0.25) is 0 Å². The van der Waals surface area contributed by atoms with Gasteiger partial charge in [-0.3, -0.25) is 0 Å². The molecule has 2 N–H and O–H groups in total. The first-order valence-electron chi connectivity index (χ1n) is 4.72. The highest BCUT2D eigenvalue weighted by molar-refractivity contribution is 7.80. The molecule has 4 nitrogen and oxygen atoms in total. The van der Waals surface area contributed by atoms with E-state index in [4.69, 9.17) is 22.7 Å². The second-order valence-corrected chi connectivity index (χ2v) is 3.59. The molecule has 0 aliphatic rings. The van der Waals surface area contributed by atoms with Gasteiger partial charge in [0.25, 0.3) is 0 Å². The zero-order valence-corrected chi connectivity index (χ0v) is 9.45. The second kappa shape index (κ2) is 4.84. The number of nitrogens with two attached hydrogens (primary N) is 1. The van der Waals surface area contributed by atoms with Crippen LogP contribution >= 0.6 is 12.2 Å². The number of halogens is 1. The summed E-state index contributed by atoms with van der Waals surface area (Å²) in [6.45, 7) is 0. The minimum absolute atomic E-state index is 0.0468. The van der Waals surface area contributed by atoms with Crippen LogP contribution < -0.4 is 10.5 Å². The van der Waals surface area contributed by atoms with Crippen molar-refractivity contribution < 1.29 is 9.13 Å². The third kappa shape index (κ3) is 2.54. The van der Waals surface area contributed by atoms with Gasteiger partial charge in [-0.2, -0.15) is 5.10 Å². The Bertz CT molecular complexity index is 562. The highest BCUT2D eigenvalue weighted by Gasteiger charge is 2.11. The van der Waals surface area contributed by atoms with Crippen LogP contribution in [-0.2, 0) is 0 Å². The quantitative estimate of drug-likeness (QED) is 0.843. The van der Waals surface area contributed by atoms with Gasteiger partial charge >= 0.3 is 0 Å². The number of hydrogen-bond acceptors (Lipinski definition) is 4. The van der Waals surface area contributed by atoms with Crippen LogP contribution in [0.15, 0.2) is 36.5 Å². The van der Waals surface area contributed by atoms with Gasteiger partial charge in [0.05, 0.1) is 11.8 Å². The second-order valence-electron chi connectivity index (χ2n) is 3.15. The zero-order valence-electron chi connectivity index (χ0n) is 8.63.